The van der Waals surface area contributed by atoms with Crippen molar-refractivity contribution in [2.75, 3.05) is 0 Å². The lowest BCUT2D eigenvalue weighted by Crippen LogP contribution is -2.31. The summed E-state index contributed by atoms with van der Waals surface area (Å²) >= 11 is 0. The van der Waals surface area contributed by atoms with E-state index < -0.39 is 0 Å². The van der Waals surface area contributed by atoms with Crippen LogP contribution in [-0.4, -0.2) is 6.03 Å². The molecule has 1 fully saturated rings. The zero-order chi connectivity index (χ0) is 13.7. The molecule has 2 amide bonds. The van der Waals surface area contributed by atoms with Crippen LogP contribution in [-0.2, 0) is 13.1 Å². The van der Waals surface area contributed by atoms with Gasteiger partial charge in [0.05, 0.1) is 0 Å². The van der Waals surface area contributed by atoms with Crippen molar-refractivity contribution in [2.24, 2.45) is 11.7 Å². The number of hydrogen-bond donors (Lipinski definition) is 3. The van der Waals surface area contributed by atoms with Crippen LogP contribution in [0.1, 0.15) is 30.9 Å². The maximum atomic E-state index is 11.6. The van der Waals surface area contributed by atoms with Crippen LogP contribution in [0.4, 0.5) is 4.79 Å². The van der Waals surface area contributed by atoms with E-state index in [0.29, 0.717) is 19.0 Å². The van der Waals surface area contributed by atoms with Gasteiger partial charge in [0.2, 0.25) is 0 Å². The van der Waals surface area contributed by atoms with Crippen molar-refractivity contribution < 1.29 is 4.79 Å². The zero-order valence-electron chi connectivity index (χ0n) is 11.3. The highest BCUT2D eigenvalue weighted by atomic mass is 16.2. The molecule has 0 saturated heterocycles. The fraction of sp³-hybridized carbons (Fsp3) is 0.400. The summed E-state index contributed by atoms with van der Waals surface area (Å²) in [7, 11) is 0. The lowest BCUT2D eigenvalue weighted by Gasteiger charge is -2.07. The van der Waals surface area contributed by atoms with E-state index >= 15 is 0 Å². The fourth-order valence-electron chi connectivity index (χ4n) is 1.94. The van der Waals surface area contributed by atoms with Gasteiger partial charge < -0.3 is 16.4 Å². The minimum Gasteiger partial charge on any atom is -0.334 e. The molecule has 0 atom stereocenters. The highest BCUT2D eigenvalue weighted by Crippen LogP contribution is 2.35. The topological polar surface area (TPSA) is 67.2 Å². The van der Waals surface area contributed by atoms with Crippen molar-refractivity contribution in [2.45, 2.75) is 32.9 Å². The lowest BCUT2D eigenvalue weighted by molar-refractivity contribution is 0.243. The van der Waals surface area contributed by atoms with Crippen LogP contribution in [0.25, 0.3) is 0 Å². The smallest absolute Gasteiger partial charge is 0.319 e. The Hall–Kier alpha value is -1.81. The SMILES string of the molecule is C/C(=C\NC(=O)NCc1cccc(CN)c1)C1CC1. The molecule has 0 aromatic heterocycles. The second-order valence-corrected chi connectivity index (χ2v) is 5.01. The third kappa shape index (κ3) is 4.41. The zero-order valence-corrected chi connectivity index (χ0v) is 11.3. The van der Waals surface area contributed by atoms with E-state index in [9.17, 15) is 4.79 Å². The van der Waals surface area contributed by atoms with E-state index in [2.05, 4.69) is 17.6 Å². The van der Waals surface area contributed by atoms with E-state index in [1.165, 1.54) is 18.4 Å². The molecule has 0 heterocycles. The molecular weight excluding hydrogens is 238 g/mol. The second-order valence-electron chi connectivity index (χ2n) is 5.01. The van der Waals surface area contributed by atoms with Gasteiger partial charge in [-0.25, -0.2) is 4.79 Å². The molecule has 1 aromatic carbocycles. The third-order valence-electron chi connectivity index (χ3n) is 3.33. The first kappa shape index (κ1) is 13.6. The molecule has 4 heteroatoms. The first-order chi connectivity index (χ1) is 9.19. The molecule has 4 nitrogen and oxygen atoms in total. The largest absolute Gasteiger partial charge is 0.334 e. The number of carbonyl (C=O) groups is 1. The molecule has 102 valence electrons. The number of benzene rings is 1. The molecule has 19 heavy (non-hydrogen) atoms. The Kier molecular flexibility index (Phi) is 4.58. The molecule has 0 bridgehead atoms. The lowest BCUT2D eigenvalue weighted by atomic mass is 10.1. The van der Waals surface area contributed by atoms with Crippen LogP contribution in [0.5, 0.6) is 0 Å². The quantitative estimate of drug-likeness (QED) is 0.759. The summed E-state index contributed by atoms with van der Waals surface area (Å²) in [6, 6.07) is 7.74. The highest BCUT2D eigenvalue weighted by Gasteiger charge is 2.22. The van der Waals surface area contributed by atoms with Gasteiger partial charge in [0.25, 0.3) is 0 Å². The Morgan fingerprint density at radius 2 is 2.16 bits per heavy atom. The predicted octanol–water partition coefficient (Wildman–Crippen LogP) is 2.26. The molecule has 0 radical (unpaired) electrons. The molecule has 1 aliphatic rings. The number of carbonyl (C=O) groups excluding carboxylic acids is 1. The average molecular weight is 259 g/mol. The minimum atomic E-state index is -0.168. The molecule has 0 aliphatic heterocycles. The Morgan fingerprint density at radius 1 is 1.42 bits per heavy atom. The molecule has 1 aromatic rings. The van der Waals surface area contributed by atoms with Gasteiger partial charge in [-0.05, 0) is 36.8 Å². The monoisotopic (exact) mass is 259 g/mol. The van der Waals surface area contributed by atoms with Crippen molar-refractivity contribution >= 4 is 6.03 Å². The number of nitrogens with one attached hydrogen (secondary N) is 2. The third-order valence-corrected chi connectivity index (χ3v) is 3.33. The standard InChI is InChI=1S/C15H21N3O/c1-11(14-5-6-14)9-17-15(19)18-10-13-4-2-3-12(7-13)8-16/h2-4,7,9,14H,5-6,8,10,16H2,1H3,(H2,17,18,19)/b11-9+. The van der Waals surface area contributed by atoms with Crippen LogP contribution in [0, 0.1) is 5.92 Å². The molecule has 1 aliphatic carbocycles. The Balaban J connectivity index is 1.77. The van der Waals surface area contributed by atoms with Crippen LogP contribution in [0.15, 0.2) is 36.0 Å². The number of hydrogen-bond acceptors (Lipinski definition) is 2. The van der Waals surface area contributed by atoms with Gasteiger partial charge in [0.1, 0.15) is 0 Å². The van der Waals surface area contributed by atoms with E-state index in [-0.39, 0.29) is 6.03 Å². The highest BCUT2D eigenvalue weighted by molar-refractivity contribution is 5.75. The Morgan fingerprint density at radius 3 is 2.84 bits per heavy atom. The van der Waals surface area contributed by atoms with E-state index in [1.807, 2.05) is 30.5 Å². The van der Waals surface area contributed by atoms with Crippen molar-refractivity contribution in [3.05, 3.63) is 47.2 Å². The maximum absolute atomic E-state index is 11.6. The molecule has 1 saturated carbocycles. The Labute approximate surface area is 114 Å². The molecule has 2 rings (SSSR count). The average Bonchev–Trinajstić information content (AvgIpc) is 3.27. The van der Waals surface area contributed by atoms with Gasteiger partial charge in [-0.15, -0.1) is 0 Å². The normalized spacial score (nSPS) is 15.2. The number of urea groups is 1. The van der Waals surface area contributed by atoms with Crippen LogP contribution in [0.3, 0.4) is 0 Å². The van der Waals surface area contributed by atoms with Gasteiger partial charge in [-0.3, -0.25) is 0 Å². The van der Waals surface area contributed by atoms with Crippen molar-refractivity contribution in [3.8, 4) is 0 Å². The number of nitrogens with two attached hydrogens (primary N) is 1. The van der Waals surface area contributed by atoms with Gasteiger partial charge in [0.15, 0.2) is 0 Å². The van der Waals surface area contributed by atoms with Gasteiger partial charge >= 0.3 is 6.03 Å². The molecule has 4 N–H and O–H groups in total. The predicted molar refractivity (Wildman–Crippen MR) is 76.2 cm³/mol. The van der Waals surface area contributed by atoms with E-state index in [1.54, 1.807) is 0 Å². The van der Waals surface area contributed by atoms with Gasteiger partial charge in [-0.2, -0.15) is 0 Å². The number of rotatable bonds is 5. The van der Waals surface area contributed by atoms with Gasteiger partial charge in [0, 0.05) is 19.3 Å². The first-order valence-electron chi connectivity index (χ1n) is 6.68. The summed E-state index contributed by atoms with van der Waals surface area (Å²) in [6.07, 6.45) is 4.30. The first-order valence-corrected chi connectivity index (χ1v) is 6.68. The maximum Gasteiger partial charge on any atom is 0.319 e. The molecule has 0 unspecified atom stereocenters. The summed E-state index contributed by atoms with van der Waals surface area (Å²) in [5, 5.41) is 5.60. The van der Waals surface area contributed by atoms with Crippen molar-refractivity contribution in [1.29, 1.82) is 0 Å². The summed E-state index contributed by atoms with van der Waals surface area (Å²) < 4.78 is 0. The number of amides is 2. The van der Waals surface area contributed by atoms with E-state index in [4.69, 9.17) is 5.73 Å². The Bertz CT molecular complexity index is 478. The van der Waals surface area contributed by atoms with Crippen LogP contribution < -0.4 is 16.4 Å². The summed E-state index contributed by atoms with van der Waals surface area (Å²) in [5.74, 6) is 0.682. The fourth-order valence-corrected chi connectivity index (χ4v) is 1.94. The summed E-state index contributed by atoms with van der Waals surface area (Å²) in [5.41, 5.74) is 8.96. The summed E-state index contributed by atoms with van der Waals surface area (Å²) in [4.78, 5) is 11.6. The summed E-state index contributed by atoms with van der Waals surface area (Å²) in [6.45, 7) is 3.09. The van der Waals surface area contributed by atoms with E-state index in [0.717, 1.165) is 11.1 Å². The van der Waals surface area contributed by atoms with Gasteiger partial charge in [-0.1, -0.05) is 29.8 Å². The van der Waals surface area contributed by atoms with Crippen LogP contribution in [0.2, 0.25) is 0 Å². The van der Waals surface area contributed by atoms with Crippen molar-refractivity contribution in [3.63, 3.8) is 0 Å². The molecular formula is C15H21N3O. The number of allylic oxidation sites excluding steroid dienone is 1. The van der Waals surface area contributed by atoms with Crippen LogP contribution >= 0.6 is 0 Å². The minimum absolute atomic E-state index is 0.168. The second kappa shape index (κ2) is 6.38. The van der Waals surface area contributed by atoms with Crippen molar-refractivity contribution in [1.82, 2.24) is 10.6 Å². The molecule has 0 spiro atoms.